The number of anilines is 1. The molecule has 0 spiro atoms. The lowest BCUT2D eigenvalue weighted by Crippen LogP contribution is -2.45. The van der Waals surface area contributed by atoms with E-state index in [1.54, 1.807) is 12.1 Å². The predicted molar refractivity (Wildman–Crippen MR) is 75.0 cm³/mol. The second-order valence-electron chi connectivity index (χ2n) is 4.34. The van der Waals surface area contributed by atoms with Gasteiger partial charge in [0, 0.05) is 17.1 Å². The van der Waals surface area contributed by atoms with Crippen molar-refractivity contribution < 1.29 is 8.42 Å². The zero-order chi connectivity index (χ0) is 14.0. The van der Waals surface area contributed by atoms with Gasteiger partial charge in [0.25, 0.3) is 0 Å². The van der Waals surface area contributed by atoms with Gasteiger partial charge >= 0.3 is 0 Å². The van der Waals surface area contributed by atoms with E-state index in [0.29, 0.717) is 5.69 Å². The van der Waals surface area contributed by atoms with Crippen molar-refractivity contribution in [3.05, 3.63) is 36.0 Å². The minimum atomic E-state index is -3.63. The molecule has 0 saturated carbocycles. The zero-order valence-corrected chi connectivity index (χ0v) is 11.5. The van der Waals surface area contributed by atoms with Gasteiger partial charge in [-0.25, -0.2) is 13.4 Å². The lowest BCUT2D eigenvalue weighted by atomic mass is 10.3. The first kappa shape index (κ1) is 13.6. The maximum atomic E-state index is 12.1. The molecule has 102 valence electrons. The number of sulfonamides is 1. The molecule has 1 aliphatic heterocycles. The predicted octanol–water partition coefficient (Wildman–Crippen LogP) is 0.799. The van der Waals surface area contributed by atoms with Gasteiger partial charge in [-0.05, 0) is 44.2 Å². The molecule has 1 heterocycles. The van der Waals surface area contributed by atoms with Gasteiger partial charge in [-0.3, -0.25) is 0 Å². The number of nitrogen functional groups attached to an aromatic ring is 1. The van der Waals surface area contributed by atoms with Crippen molar-refractivity contribution in [3.8, 4) is 0 Å². The van der Waals surface area contributed by atoms with Crippen LogP contribution >= 0.6 is 0 Å². The van der Waals surface area contributed by atoms with Crippen molar-refractivity contribution in [1.82, 2.24) is 10.0 Å². The fourth-order valence-corrected chi connectivity index (χ4v) is 2.80. The molecule has 1 aromatic rings. The summed E-state index contributed by atoms with van der Waals surface area (Å²) in [5.41, 5.74) is 7.67. The maximum Gasteiger partial charge on any atom is 0.243 e. The van der Waals surface area contributed by atoms with Crippen molar-refractivity contribution in [2.75, 3.05) is 5.73 Å². The number of allylic oxidation sites excluding steroid dienone is 2. The van der Waals surface area contributed by atoms with Crippen molar-refractivity contribution in [1.29, 1.82) is 0 Å². The van der Waals surface area contributed by atoms with Gasteiger partial charge in [0.05, 0.1) is 4.90 Å². The highest BCUT2D eigenvalue weighted by Crippen LogP contribution is 2.12. The van der Waals surface area contributed by atoms with Crippen LogP contribution < -0.4 is 15.8 Å². The first-order valence-electron chi connectivity index (χ1n) is 5.74. The summed E-state index contributed by atoms with van der Waals surface area (Å²) >= 11 is 0. The Morgan fingerprint density at radius 2 is 1.89 bits per heavy atom. The van der Waals surface area contributed by atoms with Gasteiger partial charge < -0.3 is 11.1 Å². The summed E-state index contributed by atoms with van der Waals surface area (Å²) in [5, 5.41) is 2.94. The summed E-state index contributed by atoms with van der Waals surface area (Å²) in [5.74, 6) is 0. The van der Waals surface area contributed by atoms with Crippen LogP contribution in [-0.2, 0) is 10.0 Å². The minimum Gasteiger partial charge on any atom is -0.399 e. The lowest BCUT2D eigenvalue weighted by Gasteiger charge is -2.21. The molecule has 0 amide bonds. The average Bonchev–Trinajstić information content (AvgIpc) is 2.27. The topological polar surface area (TPSA) is 96.6 Å². The largest absolute Gasteiger partial charge is 0.399 e. The van der Waals surface area contributed by atoms with E-state index in [1.807, 2.05) is 19.9 Å². The van der Waals surface area contributed by atoms with E-state index in [0.717, 1.165) is 11.4 Å². The Bertz CT molecular complexity index is 632. The molecular formula is C12H16N4O2S. The maximum absolute atomic E-state index is 12.1. The number of hydrogen-bond donors (Lipinski definition) is 3. The smallest absolute Gasteiger partial charge is 0.243 e. The van der Waals surface area contributed by atoms with Crippen molar-refractivity contribution in [3.63, 3.8) is 0 Å². The van der Waals surface area contributed by atoms with Gasteiger partial charge in [-0.2, -0.15) is 4.72 Å². The van der Waals surface area contributed by atoms with E-state index in [1.165, 1.54) is 12.1 Å². The first-order valence-corrected chi connectivity index (χ1v) is 7.22. The Hall–Kier alpha value is -1.86. The van der Waals surface area contributed by atoms with Crippen LogP contribution in [0.5, 0.6) is 0 Å². The van der Waals surface area contributed by atoms with Crippen LogP contribution in [0.1, 0.15) is 13.8 Å². The molecule has 4 N–H and O–H groups in total. The molecule has 0 aliphatic carbocycles. The second-order valence-corrected chi connectivity index (χ2v) is 6.05. The van der Waals surface area contributed by atoms with Crippen LogP contribution in [0, 0.1) is 0 Å². The number of nitrogens with two attached hydrogens (primary N) is 1. The highest BCUT2D eigenvalue weighted by atomic mass is 32.2. The lowest BCUT2D eigenvalue weighted by molar-refractivity contribution is 0.521. The Kier molecular flexibility index (Phi) is 3.59. The Morgan fingerprint density at radius 1 is 1.26 bits per heavy atom. The van der Waals surface area contributed by atoms with E-state index < -0.39 is 16.3 Å². The number of rotatable bonds is 3. The highest BCUT2D eigenvalue weighted by molar-refractivity contribution is 7.89. The Labute approximate surface area is 112 Å². The summed E-state index contributed by atoms with van der Waals surface area (Å²) in [6.07, 6.45) is 1.15. The standard InChI is InChI=1S/C12H16N4O2S/c1-8-7-9(2)15-12(14-8)16-19(17,18)11-5-3-10(13)4-6-11/h3-7,12,14,16H,13H2,1-2H3. The molecule has 1 unspecified atom stereocenters. The van der Waals surface area contributed by atoms with Crippen LogP contribution in [0.3, 0.4) is 0 Å². The molecule has 1 atom stereocenters. The quantitative estimate of drug-likeness (QED) is 0.713. The van der Waals surface area contributed by atoms with Gasteiger partial charge in [0.1, 0.15) is 0 Å². The van der Waals surface area contributed by atoms with Gasteiger partial charge in [0.2, 0.25) is 10.0 Å². The van der Waals surface area contributed by atoms with Crippen LogP contribution in [0.4, 0.5) is 5.69 Å². The van der Waals surface area contributed by atoms with Gasteiger partial charge in [-0.15, -0.1) is 0 Å². The summed E-state index contributed by atoms with van der Waals surface area (Å²) in [6.45, 7) is 3.66. The molecule has 7 heteroatoms. The second kappa shape index (κ2) is 5.02. The van der Waals surface area contributed by atoms with E-state index in [9.17, 15) is 8.42 Å². The summed E-state index contributed by atoms with van der Waals surface area (Å²) in [7, 11) is -3.63. The summed E-state index contributed by atoms with van der Waals surface area (Å²) < 4.78 is 26.8. The van der Waals surface area contributed by atoms with Crippen molar-refractivity contribution in [2.45, 2.75) is 25.0 Å². The SMILES string of the molecule is CC1=CC(C)=NC(NS(=O)(=O)c2ccc(N)cc2)N1. The summed E-state index contributed by atoms with van der Waals surface area (Å²) in [6, 6.07) is 6.00. The van der Waals surface area contributed by atoms with Crippen molar-refractivity contribution in [2.24, 2.45) is 4.99 Å². The van der Waals surface area contributed by atoms with E-state index in [4.69, 9.17) is 5.73 Å². The van der Waals surface area contributed by atoms with Crippen LogP contribution in [-0.4, -0.2) is 20.4 Å². The van der Waals surface area contributed by atoms with Crippen LogP contribution in [0.2, 0.25) is 0 Å². The fourth-order valence-electron chi connectivity index (χ4n) is 1.76. The number of nitrogens with zero attached hydrogens (tertiary/aromatic N) is 1. The third-order valence-corrected chi connectivity index (χ3v) is 4.01. The number of benzene rings is 1. The summed E-state index contributed by atoms with van der Waals surface area (Å²) in [4.78, 5) is 4.33. The minimum absolute atomic E-state index is 0.156. The molecule has 0 radical (unpaired) electrons. The molecule has 6 nitrogen and oxygen atoms in total. The molecule has 1 aliphatic rings. The van der Waals surface area contributed by atoms with Gasteiger partial charge in [0.15, 0.2) is 6.29 Å². The Balaban J connectivity index is 2.19. The third kappa shape index (κ3) is 3.33. The van der Waals surface area contributed by atoms with Crippen LogP contribution in [0.25, 0.3) is 0 Å². The third-order valence-electron chi connectivity index (χ3n) is 2.58. The molecule has 1 aromatic carbocycles. The monoisotopic (exact) mass is 280 g/mol. The van der Waals surface area contributed by atoms with E-state index >= 15 is 0 Å². The molecule has 0 fully saturated rings. The molecule has 0 aromatic heterocycles. The number of aliphatic imine (C=N–C) groups is 1. The molecular weight excluding hydrogens is 264 g/mol. The fraction of sp³-hybridized carbons (Fsp3) is 0.250. The highest BCUT2D eigenvalue weighted by Gasteiger charge is 2.20. The van der Waals surface area contributed by atoms with Crippen LogP contribution in [0.15, 0.2) is 45.9 Å². The normalized spacial score (nSPS) is 19.4. The van der Waals surface area contributed by atoms with Gasteiger partial charge in [-0.1, -0.05) is 0 Å². The molecule has 0 saturated heterocycles. The zero-order valence-electron chi connectivity index (χ0n) is 10.7. The average molecular weight is 280 g/mol. The first-order chi connectivity index (χ1) is 8.87. The van der Waals surface area contributed by atoms with E-state index in [-0.39, 0.29) is 4.90 Å². The van der Waals surface area contributed by atoms with Crippen molar-refractivity contribution >= 4 is 21.4 Å². The molecule has 19 heavy (non-hydrogen) atoms. The molecule has 2 rings (SSSR count). The molecule has 0 bridgehead atoms. The van der Waals surface area contributed by atoms with E-state index in [2.05, 4.69) is 15.0 Å². The number of hydrogen-bond acceptors (Lipinski definition) is 5. The Morgan fingerprint density at radius 3 is 2.47 bits per heavy atom. The number of nitrogens with one attached hydrogen (secondary N) is 2.